The van der Waals surface area contributed by atoms with Crippen molar-refractivity contribution in [3.05, 3.63) is 33.9 Å². The van der Waals surface area contributed by atoms with Crippen molar-refractivity contribution >= 4 is 5.69 Å². The predicted molar refractivity (Wildman–Crippen MR) is 64.1 cm³/mol. The second-order valence-corrected chi connectivity index (χ2v) is 4.36. The molecule has 94 valence electrons. The second kappa shape index (κ2) is 5.63. The summed E-state index contributed by atoms with van der Waals surface area (Å²) in [5.74, 6) is 0.853. The highest BCUT2D eigenvalue weighted by atomic mass is 16.6. The molecule has 0 heterocycles. The summed E-state index contributed by atoms with van der Waals surface area (Å²) in [7, 11) is 0. The van der Waals surface area contributed by atoms with Crippen LogP contribution in [0.4, 0.5) is 5.69 Å². The molecule has 5 heteroatoms. The van der Waals surface area contributed by atoms with Crippen molar-refractivity contribution in [1.82, 2.24) is 0 Å². The van der Waals surface area contributed by atoms with E-state index in [0.29, 0.717) is 23.8 Å². The van der Waals surface area contributed by atoms with Gasteiger partial charge >= 0.3 is 0 Å². The van der Waals surface area contributed by atoms with E-state index in [1.54, 1.807) is 6.92 Å². The van der Waals surface area contributed by atoms with Crippen molar-refractivity contribution in [1.29, 1.82) is 0 Å². The van der Waals surface area contributed by atoms with E-state index in [4.69, 9.17) is 4.74 Å². The van der Waals surface area contributed by atoms with Crippen LogP contribution < -0.4 is 4.74 Å². The fraction of sp³-hybridized carbons (Fsp3) is 0.500. The van der Waals surface area contributed by atoms with Gasteiger partial charge in [0.05, 0.1) is 17.6 Å². The summed E-state index contributed by atoms with van der Waals surface area (Å²) >= 11 is 0. The van der Waals surface area contributed by atoms with Crippen molar-refractivity contribution in [2.45, 2.75) is 26.9 Å². The maximum atomic E-state index is 10.6. The number of aliphatic hydroxyl groups excluding tert-OH is 1. The van der Waals surface area contributed by atoms with Crippen molar-refractivity contribution < 1.29 is 14.8 Å². The van der Waals surface area contributed by atoms with E-state index < -0.39 is 11.0 Å². The summed E-state index contributed by atoms with van der Waals surface area (Å²) in [6.45, 7) is 6.08. The molecule has 1 rings (SSSR count). The van der Waals surface area contributed by atoms with Crippen molar-refractivity contribution in [2.24, 2.45) is 5.92 Å². The van der Waals surface area contributed by atoms with Crippen molar-refractivity contribution in [2.75, 3.05) is 6.61 Å². The molecule has 0 saturated carbocycles. The van der Waals surface area contributed by atoms with Crippen LogP contribution in [-0.2, 0) is 0 Å². The minimum absolute atomic E-state index is 0.0437. The first-order valence-corrected chi connectivity index (χ1v) is 5.51. The Hall–Kier alpha value is -1.62. The van der Waals surface area contributed by atoms with Gasteiger partial charge < -0.3 is 9.84 Å². The highest BCUT2D eigenvalue weighted by molar-refractivity contribution is 5.44. The number of nitrogens with zero attached hydrogens (tertiary/aromatic N) is 1. The number of nitro groups is 1. The van der Waals surface area contributed by atoms with Gasteiger partial charge in [-0.3, -0.25) is 10.1 Å². The molecule has 1 aromatic rings. The molecule has 0 radical (unpaired) electrons. The molecule has 1 unspecified atom stereocenters. The highest BCUT2D eigenvalue weighted by Gasteiger charge is 2.15. The SMILES string of the molecule is CC(C)COc1ccc([N+](=O)[O-])cc1C(C)O. The lowest BCUT2D eigenvalue weighted by atomic mass is 10.1. The molecular formula is C12H17NO4. The predicted octanol–water partition coefficient (Wildman–Crippen LogP) is 2.68. The van der Waals surface area contributed by atoms with Gasteiger partial charge in [0.2, 0.25) is 0 Å². The molecule has 0 aliphatic rings. The average Bonchev–Trinajstić information content (AvgIpc) is 2.25. The standard InChI is InChI=1S/C12H17NO4/c1-8(2)7-17-12-5-4-10(13(15)16)6-11(12)9(3)14/h4-6,8-9,14H,7H2,1-3H3. The van der Waals surface area contributed by atoms with Crippen LogP contribution in [0.1, 0.15) is 32.4 Å². The van der Waals surface area contributed by atoms with Gasteiger partial charge in [-0.2, -0.15) is 0 Å². The minimum Gasteiger partial charge on any atom is -0.493 e. The van der Waals surface area contributed by atoms with Crippen LogP contribution in [0.2, 0.25) is 0 Å². The van der Waals surface area contributed by atoms with E-state index in [2.05, 4.69) is 0 Å². The van der Waals surface area contributed by atoms with Gasteiger partial charge in [0.15, 0.2) is 0 Å². The zero-order valence-corrected chi connectivity index (χ0v) is 10.2. The van der Waals surface area contributed by atoms with Crippen LogP contribution in [0, 0.1) is 16.0 Å². The first-order valence-electron chi connectivity index (χ1n) is 5.51. The normalized spacial score (nSPS) is 12.5. The second-order valence-electron chi connectivity index (χ2n) is 4.36. The zero-order chi connectivity index (χ0) is 13.0. The molecule has 1 atom stereocenters. The van der Waals surface area contributed by atoms with Crippen LogP contribution in [0.3, 0.4) is 0 Å². The van der Waals surface area contributed by atoms with Gasteiger partial charge in [0.25, 0.3) is 5.69 Å². The third-order valence-electron chi connectivity index (χ3n) is 2.23. The third-order valence-corrected chi connectivity index (χ3v) is 2.23. The third kappa shape index (κ3) is 3.71. The lowest BCUT2D eigenvalue weighted by molar-refractivity contribution is -0.385. The maximum absolute atomic E-state index is 10.6. The fourth-order valence-corrected chi connectivity index (χ4v) is 1.36. The molecule has 0 aliphatic carbocycles. The quantitative estimate of drug-likeness (QED) is 0.633. The maximum Gasteiger partial charge on any atom is 0.270 e. The molecule has 0 amide bonds. The van der Waals surface area contributed by atoms with Crippen LogP contribution in [0.5, 0.6) is 5.75 Å². The Bertz CT molecular complexity index is 401. The van der Waals surface area contributed by atoms with Gasteiger partial charge in [-0.15, -0.1) is 0 Å². The van der Waals surface area contributed by atoms with Gasteiger partial charge in [0, 0.05) is 17.7 Å². The van der Waals surface area contributed by atoms with Crippen LogP contribution in [-0.4, -0.2) is 16.6 Å². The zero-order valence-electron chi connectivity index (χ0n) is 10.2. The highest BCUT2D eigenvalue weighted by Crippen LogP contribution is 2.29. The number of ether oxygens (including phenoxy) is 1. The van der Waals surface area contributed by atoms with Crippen molar-refractivity contribution in [3.8, 4) is 5.75 Å². The Morgan fingerprint density at radius 1 is 1.41 bits per heavy atom. The lowest BCUT2D eigenvalue weighted by Crippen LogP contribution is -2.07. The number of aliphatic hydroxyl groups is 1. The van der Waals surface area contributed by atoms with Crippen LogP contribution in [0.15, 0.2) is 18.2 Å². The van der Waals surface area contributed by atoms with Crippen molar-refractivity contribution in [3.63, 3.8) is 0 Å². The molecule has 0 saturated heterocycles. The number of benzene rings is 1. The number of nitro benzene ring substituents is 1. The molecule has 5 nitrogen and oxygen atoms in total. The monoisotopic (exact) mass is 239 g/mol. The molecule has 0 bridgehead atoms. The molecule has 0 fully saturated rings. The van der Waals surface area contributed by atoms with E-state index in [1.807, 2.05) is 13.8 Å². The Labute approximate surface area is 100 Å². The molecule has 0 aliphatic heterocycles. The number of hydrogen-bond acceptors (Lipinski definition) is 4. The van der Waals surface area contributed by atoms with E-state index in [1.165, 1.54) is 18.2 Å². The first-order chi connectivity index (χ1) is 7.91. The fourth-order valence-electron chi connectivity index (χ4n) is 1.36. The Morgan fingerprint density at radius 3 is 2.53 bits per heavy atom. The van der Waals surface area contributed by atoms with Crippen LogP contribution >= 0.6 is 0 Å². The molecule has 1 N–H and O–H groups in total. The summed E-state index contributed by atoms with van der Waals surface area (Å²) in [5, 5.41) is 20.2. The summed E-state index contributed by atoms with van der Waals surface area (Å²) in [4.78, 5) is 10.1. The molecular weight excluding hydrogens is 222 g/mol. The number of rotatable bonds is 5. The van der Waals surface area contributed by atoms with E-state index >= 15 is 0 Å². The number of non-ortho nitro benzene ring substituents is 1. The molecule has 17 heavy (non-hydrogen) atoms. The summed E-state index contributed by atoms with van der Waals surface area (Å²) in [5.41, 5.74) is 0.401. The van der Waals surface area contributed by atoms with Gasteiger partial charge in [0.1, 0.15) is 5.75 Å². The smallest absolute Gasteiger partial charge is 0.270 e. The Morgan fingerprint density at radius 2 is 2.06 bits per heavy atom. The van der Waals surface area contributed by atoms with E-state index in [0.717, 1.165) is 0 Å². The van der Waals surface area contributed by atoms with Gasteiger partial charge in [-0.25, -0.2) is 0 Å². The van der Waals surface area contributed by atoms with E-state index in [9.17, 15) is 15.2 Å². The molecule has 1 aromatic carbocycles. The van der Waals surface area contributed by atoms with E-state index in [-0.39, 0.29) is 5.69 Å². The Kier molecular flexibility index (Phi) is 4.45. The van der Waals surface area contributed by atoms with Gasteiger partial charge in [-0.05, 0) is 18.9 Å². The molecule has 0 spiro atoms. The van der Waals surface area contributed by atoms with Gasteiger partial charge in [-0.1, -0.05) is 13.8 Å². The largest absolute Gasteiger partial charge is 0.493 e. The lowest BCUT2D eigenvalue weighted by Gasteiger charge is -2.14. The Balaban J connectivity index is 3.00. The topological polar surface area (TPSA) is 72.6 Å². The number of hydrogen-bond donors (Lipinski definition) is 1. The molecule has 0 aromatic heterocycles. The summed E-state index contributed by atoms with van der Waals surface area (Å²) in [6.07, 6.45) is -0.794. The summed E-state index contributed by atoms with van der Waals surface area (Å²) in [6, 6.07) is 4.25. The minimum atomic E-state index is -0.794. The first kappa shape index (κ1) is 13.4. The summed E-state index contributed by atoms with van der Waals surface area (Å²) < 4.78 is 5.51. The average molecular weight is 239 g/mol. The van der Waals surface area contributed by atoms with Crippen LogP contribution in [0.25, 0.3) is 0 Å².